The third-order valence-corrected chi connectivity index (χ3v) is 5.16. The maximum absolute atomic E-state index is 12.6. The van der Waals surface area contributed by atoms with Crippen molar-refractivity contribution in [2.75, 3.05) is 18.6 Å². The lowest BCUT2D eigenvalue weighted by Gasteiger charge is -2.20. The zero-order chi connectivity index (χ0) is 21.0. The molecule has 1 aliphatic rings. The SMILES string of the molecule is CCc1ccccc1N1C[C@@H](C(=O)O[C@@H](C)C(=O)c2ccc(OC)cc2)CC1=O. The normalized spacial score (nSPS) is 17.1. The Kier molecular flexibility index (Phi) is 6.32. The van der Waals surface area contributed by atoms with Gasteiger partial charge in [0.05, 0.1) is 13.0 Å². The highest BCUT2D eigenvalue weighted by Gasteiger charge is 2.37. The fourth-order valence-electron chi connectivity index (χ4n) is 3.49. The summed E-state index contributed by atoms with van der Waals surface area (Å²) in [6.07, 6.45) is -0.0500. The first-order valence-electron chi connectivity index (χ1n) is 9.71. The highest BCUT2D eigenvalue weighted by Crippen LogP contribution is 2.29. The van der Waals surface area contributed by atoms with Crippen molar-refractivity contribution in [1.29, 1.82) is 0 Å². The van der Waals surface area contributed by atoms with Crippen LogP contribution in [-0.4, -0.2) is 37.4 Å². The Morgan fingerprint density at radius 1 is 1.14 bits per heavy atom. The Balaban J connectivity index is 1.64. The van der Waals surface area contributed by atoms with E-state index in [0.29, 0.717) is 11.3 Å². The van der Waals surface area contributed by atoms with Crippen LogP contribution in [0, 0.1) is 5.92 Å². The molecule has 3 rings (SSSR count). The van der Waals surface area contributed by atoms with E-state index in [1.165, 1.54) is 0 Å². The van der Waals surface area contributed by atoms with E-state index in [1.807, 2.05) is 31.2 Å². The molecule has 1 heterocycles. The summed E-state index contributed by atoms with van der Waals surface area (Å²) < 4.78 is 10.5. The standard InChI is InChI=1S/C23H25NO5/c1-4-16-7-5-6-8-20(16)24-14-18(13-21(24)25)23(27)29-15(2)22(26)17-9-11-19(28-3)12-10-17/h5-12,15,18H,4,13-14H2,1-3H3/t15-,18-/m0/s1. The third-order valence-electron chi connectivity index (χ3n) is 5.16. The van der Waals surface area contributed by atoms with Gasteiger partial charge in [0.1, 0.15) is 5.75 Å². The molecule has 2 aromatic rings. The van der Waals surface area contributed by atoms with E-state index >= 15 is 0 Å². The summed E-state index contributed by atoms with van der Waals surface area (Å²) in [6, 6.07) is 14.3. The number of hydrogen-bond acceptors (Lipinski definition) is 5. The summed E-state index contributed by atoms with van der Waals surface area (Å²) in [5.74, 6) is -0.869. The Labute approximate surface area is 170 Å². The minimum Gasteiger partial charge on any atom is -0.497 e. The van der Waals surface area contributed by atoms with Gasteiger partial charge >= 0.3 is 5.97 Å². The van der Waals surface area contributed by atoms with Crippen LogP contribution in [0.2, 0.25) is 0 Å². The number of ketones is 1. The molecule has 0 radical (unpaired) electrons. The molecule has 29 heavy (non-hydrogen) atoms. The summed E-state index contributed by atoms with van der Waals surface area (Å²) in [5, 5.41) is 0. The highest BCUT2D eigenvalue weighted by atomic mass is 16.5. The number of Topliss-reactive ketones (excluding diaryl/α,β-unsaturated/α-hetero) is 1. The lowest BCUT2D eigenvalue weighted by molar-refractivity contribution is -0.151. The number of ether oxygens (including phenoxy) is 2. The Bertz CT molecular complexity index is 906. The second-order valence-electron chi connectivity index (χ2n) is 7.06. The summed E-state index contributed by atoms with van der Waals surface area (Å²) >= 11 is 0. The Hall–Kier alpha value is -3.15. The number of para-hydroxylation sites is 1. The highest BCUT2D eigenvalue weighted by molar-refractivity contribution is 6.02. The summed E-state index contributed by atoms with van der Waals surface area (Å²) in [7, 11) is 1.55. The van der Waals surface area contributed by atoms with Gasteiger partial charge in [-0.3, -0.25) is 14.4 Å². The predicted octanol–water partition coefficient (Wildman–Crippen LogP) is 3.43. The smallest absolute Gasteiger partial charge is 0.312 e. The number of carbonyl (C=O) groups excluding carboxylic acids is 3. The van der Waals surface area contributed by atoms with Gasteiger partial charge < -0.3 is 14.4 Å². The number of methoxy groups -OCH3 is 1. The second kappa shape index (κ2) is 8.90. The number of carbonyl (C=O) groups is 3. The molecule has 2 atom stereocenters. The number of benzene rings is 2. The van der Waals surface area contributed by atoms with Gasteiger partial charge in [0, 0.05) is 24.2 Å². The maximum Gasteiger partial charge on any atom is 0.312 e. The lowest BCUT2D eigenvalue weighted by Crippen LogP contribution is -2.30. The molecule has 1 saturated heterocycles. The second-order valence-corrected chi connectivity index (χ2v) is 7.06. The molecule has 1 aliphatic heterocycles. The third kappa shape index (κ3) is 4.47. The molecular formula is C23H25NO5. The van der Waals surface area contributed by atoms with E-state index < -0.39 is 18.0 Å². The number of aryl methyl sites for hydroxylation is 1. The fourth-order valence-corrected chi connectivity index (χ4v) is 3.49. The Morgan fingerprint density at radius 2 is 1.83 bits per heavy atom. The van der Waals surface area contributed by atoms with Gasteiger partial charge in [0.15, 0.2) is 6.10 Å². The molecule has 0 N–H and O–H groups in total. The van der Waals surface area contributed by atoms with Crippen molar-refractivity contribution in [2.24, 2.45) is 5.92 Å². The number of amides is 1. The molecule has 0 spiro atoms. The van der Waals surface area contributed by atoms with Crippen LogP contribution in [0.1, 0.15) is 36.2 Å². The van der Waals surface area contributed by atoms with E-state index in [9.17, 15) is 14.4 Å². The van der Waals surface area contributed by atoms with Crippen LogP contribution in [0.5, 0.6) is 5.75 Å². The van der Waals surface area contributed by atoms with Crippen LogP contribution in [0.25, 0.3) is 0 Å². The van der Waals surface area contributed by atoms with Crippen molar-refractivity contribution in [3.8, 4) is 5.75 Å². The van der Waals surface area contributed by atoms with Gasteiger partial charge in [0.2, 0.25) is 11.7 Å². The van der Waals surface area contributed by atoms with Crippen LogP contribution in [0.3, 0.4) is 0 Å². The molecule has 6 nitrogen and oxygen atoms in total. The molecule has 152 valence electrons. The van der Waals surface area contributed by atoms with E-state index in [4.69, 9.17) is 9.47 Å². The predicted molar refractivity (Wildman–Crippen MR) is 109 cm³/mol. The maximum atomic E-state index is 12.6. The zero-order valence-electron chi connectivity index (χ0n) is 16.9. The van der Waals surface area contributed by atoms with Crippen molar-refractivity contribution in [1.82, 2.24) is 0 Å². The minimum absolute atomic E-state index is 0.0837. The van der Waals surface area contributed by atoms with E-state index in [0.717, 1.165) is 17.7 Å². The number of rotatable bonds is 7. The van der Waals surface area contributed by atoms with Gasteiger partial charge in [-0.1, -0.05) is 25.1 Å². The van der Waals surface area contributed by atoms with Crippen molar-refractivity contribution in [2.45, 2.75) is 32.8 Å². The first-order valence-corrected chi connectivity index (χ1v) is 9.71. The molecule has 0 aromatic heterocycles. The number of nitrogens with zero attached hydrogens (tertiary/aromatic N) is 1. The van der Waals surface area contributed by atoms with Crippen molar-refractivity contribution < 1.29 is 23.9 Å². The molecule has 0 unspecified atom stereocenters. The van der Waals surface area contributed by atoms with Gasteiger partial charge in [-0.25, -0.2) is 0 Å². The van der Waals surface area contributed by atoms with Crippen LogP contribution < -0.4 is 9.64 Å². The molecule has 1 amide bonds. The monoisotopic (exact) mass is 395 g/mol. The van der Waals surface area contributed by atoms with E-state index in [1.54, 1.807) is 43.2 Å². The number of esters is 1. The average molecular weight is 395 g/mol. The number of anilines is 1. The van der Waals surface area contributed by atoms with E-state index in [2.05, 4.69) is 0 Å². The fraction of sp³-hybridized carbons (Fsp3) is 0.348. The summed E-state index contributed by atoms with van der Waals surface area (Å²) in [4.78, 5) is 39.3. The lowest BCUT2D eigenvalue weighted by atomic mass is 10.1. The topological polar surface area (TPSA) is 72.9 Å². The first-order chi connectivity index (χ1) is 13.9. The van der Waals surface area contributed by atoms with Gasteiger partial charge in [0.25, 0.3) is 0 Å². The van der Waals surface area contributed by atoms with Crippen LogP contribution in [0.4, 0.5) is 5.69 Å². The molecule has 0 aliphatic carbocycles. The van der Waals surface area contributed by atoms with Crippen LogP contribution >= 0.6 is 0 Å². The first kappa shape index (κ1) is 20.6. The molecular weight excluding hydrogens is 370 g/mol. The van der Waals surface area contributed by atoms with Crippen molar-refractivity contribution in [3.05, 3.63) is 59.7 Å². The summed E-state index contributed by atoms with van der Waals surface area (Å²) in [6.45, 7) is 3.83. The minimum atomic E-state index is -0.928. The zero-order valence-corrected chi connectivity index (χ0v) is 16.9. The van der Waals surface area contributed by atoms with Gasteiger partial charge in [-0.2, -0.15) is 0 Å². The molecule has 2 aromatic carbocycles. The van der Waals surface area contributed by atoms with E-state index in [-0.39, 0.29) is 24.7 Å². The Morgan fingerprint density at radius 3 is 2.48 bits per heavy atom. The van der Waals surface area contributed by atoms with Crippen molar-refractivity contribution >= 4 is 23.3 Å². The van der Waals surface area contributed by atoms with Gasteiger partial charge in [-0.15, -0.1) is 0 Å². The summed E-state index contributed by atoms with van der Waals surface area (Å²) in [5.41, 5.74) is 2.32. The van der Waals surface area contributed by atoms with Crippen LogP contribution in [-0.2, 0) is 20.7 Å². The molecule has 0 saturated carbocycles. The van der Waals surface area contributed by atoms with Crippen molar-refractivity contribution in [3.63, 3.8) is 0 Å². The molecule has 0 bridgehead atoms. The van der Waals surface area contributed by atoms with Gasteiger partial charge in [-0.05, 0) is 49.2 Å². The largest absolute Gasteiger partial charge is 0.497 e. The van der Waals surface area contributed by atoms with Crippen LogP contribution in [0.15, 0.2) is 48.5 Å². The molecule has 6 heteroatoms. The quantitative estimate of drug-likeness (QED) is 0.531. The molecule has 1 fully saturated rings. The number of hydrogen-bond donors (Lipinski definition) is 0. The average Bonchev–Trinajstić information content (AvgIpc) is 3.14.